The first-order valence-electron chi connectivity index (χ1n) is 13.9. The van der Waals surface area contributed by atoms with E-state index in [0.717, 1.165) is 28.9 Å². The van der Waals surface area contributed by atoms with Crippen molar-refractivity contribution in [2.24, 2.45) is 0 Å². The summed E-state index contributed by atoms with van der Waals surface area (Å²) in [7, 11) is 0. The Kier molecular flexibility index (Phi) is 7.50. The van der Waals surface area contributed by atoms with Gasteiger partial charge in [-0.2, -0.15) is 10.4 Å². The third-order valence-electron chi connectivity index (χ3n) is 7.55. The Labute approximate surface area is 239 Å². The van der Waals surface area contributed by atoms with Gasteiger partial charge in [0.2, 0.25) is 0 Å². The number of ether oxygens (including phenoxy) is 1. The number of nitrogens with zero attached hydrogens (tertiary/aromatic N) is 5. The summed E-state index contributed by atoms with van der Waals surface area (Å²) in [5.74, 6) is -0.0281. The zero-order valence-electron chi connectivity index (χ0n) is 23.8. The van der Waals surface area contributed by atoms with Crippen LogP contribution >= 0.6 is 0 Å². The maximum atomic E-state index is 13.3. The molecule has 1 aliphatic rings. The number of amides is 2. The quantitative estimate of drug-likeness (QED) is 0.334. The number of carbonyl (C=O) groups excluding carboxylic acids is 2. The molecule has 2 amide bonds. The molecule has 2 aromatic carbocycles. The van der Waals surface area contributed by atoms with Crippen molar-refractivity contribution in [3.05, 3.63) is 78.0 Å². The van der Waals surface area contributed by atoms with Gasteiger partial charge in [0.05, 0.1) is 29.2 Å². The molecule has 0 aliphatic carbocycles. The molecule has 210 valence electrons. The summed E-state index contributed by atoms with van der Waals surface area (Å²) in [4.78, 5) is 32.0. The second-order valence-electron chi connectivity index (χ2n) is 11.5. The molecule has 4 aromatic rings. The second kappa shape index (κ2) is 11.0. The van der Waals surface area contributed by atoms with E-state index in [1.54, 1.807) is 22.8 Å². The first-order valence-corrected chi connectivity index (χ1v) is 13.9. The summed E-state index contributed by atoms with van der Waals surface area (Å²) in [6.45, 7) is 8.70. The maximum Gasteiger partial charge on any atom is 0.408 e. The Morgan fingerprint density at radius 1 is 1.00 bits per heavy atom. The second-order valence-corrected chi connectivity index (χ2v) is 11.5. The van der Waals surface area contributed by atoms with Crippen LogP contribution < -0.4 is 5.32 Å². The number of carbonyl (C=O) groups is 2. The number of aromatic nitrogens is 3. The molecule has 1 aliphatic heterocycles. The predicted octanol–water partition coefficient (Wildman–Crippen LogP) is 5.84. The van der Waals surface area contributed by atoms with Gasteiger partial charge in [-0.05, 0) is 76.4 Å². The van der Waals surface area contributed by atoms with Crippen LogP contribution in [0.3, 0.4) is 0 Å². The Balaban J connectivity index is 1.27. The van der Waals surface area contributed by atoms with Crippen LogP contribution in [0, 0.1) is 11.3 Å². The van der Waals surface area contributed by atoms with E-state index in [-0.39, 0.29) is 11.4 Å². The van der Waals surface area contributed by atoms with Crippen LogP contribution in [0.25, 0.3) is 28.2 Å². The minimum Gasteiger partial charge on any atom is -0.444 e. The zero-order valence-corrected chi connectivity index (χ0v) is 23.8. The van der Waals surface area contributed by atoms with Crippen molar-refractivity contribution in [2.75, 3.05) is 13.1 Å². The lowest BCUT2D eigenvalue weighted by atomic mass is 9.85. The standard InChI is InChI=1S/C32H34N6O3/c1-5-32(35-30(40)41-31(2,3)4)16-18-37(19-17-32)29(39)25-12-10-23(11-13-25)26-14-15-28-34-21-27(38(28)36-26)24-8-6-22(20-33)7-9-24/h6-15,21H,5,16-19H2,1-4H3,(H,35,40). The molecule has 1 N–H and O–H groups in total. The molecule has 9 nitrogen and oxygen atoms in total. The van der Waals surface area contributed by atoms with E-state index in [4.69, 9.17) is 15.1 Å². The number of likely N-dealkylation sites (tertiary alicyclic amines) is 1. The molecular formula is C32H34N6O3. The highest BCUT2D eigenvalue weighted by Gasteiger charge is 2.37. The number of imidazole rings is 1. The molecule has 0 radical (unpaired) electrons. The lowest BCUT2D eigenvalue weighted by molar-refractivity contribution is 0.0369. The highest BCUT2D eigenvalue weighted by molar-refractivity contribution is 5.94. The number of nitrogens with one attached hydrogen (secondary N) is 1. The van der Waals surface area contributed by atoms with Crippen LogP contribution in [0.15, 0.2) is 66.9 Å². The fourth-order valence-electron chi connectivity index (χ4n) is 5.13. The molecule has 0 atom stereocenters. The first kappa shape index (κ1) is 27.8. The molecule has 0 unspecified atom stereocenters. The van der Waals surface area contributed by atoms with E-state index >= 15 is 0 Å². The predicted molar refractivity (Wildman–Crippen MR) is 156 cm³/mol. The number of piperidine rings is 1. The number of hydrogen-bond donors (Lipinski definition) is 1. The van der Waals surface area contributed by atoms with Gasteiger partial charge < -0.3 is 15.0 Å². The number of rotatable bonds is 5. The lowest BCUT2D eigenvalue weighted by Gasteiger charge is -2.42. The third-order valence-corrected chi connectivity index (χ3v) is 7.55. The molecule has 0 spiro atoms. The van der Waals surface area contributed by atoms with E-state index < -0.39 is 11.7 Å². The number of fused-ring (bicyclic) bond motifs is 1. The fourth-order valence-corrected chi connectivity index (χ4v) is 5.13. The third kappa shape index (κ3) is 6.07. The van der Waals surface area contributed by atoms with Crippen molar-refractivity contribution in [1.82, 2.24) is 24.8 Å². The molecular weight excluding hydrogens is 516 g/mol. The molecule has 2 aromatic heterocycles. The van der Waals surface area contributed by atoms with Gasteiger partial charge in [-0.15, -0.1) is 0 Å². The average Bonchev–Trinajstić information content (AvgIpc) is 3.39. The molecule has 3 heterocycles. The Hall–Kier alpha value is -4.71. The highest BCUT2D eigenvalue weighted by atomic mass is 16.6. The number of benzene rings is 2. The maximum absolute atomic E-state index is 13.3. The molecule has 5 rings (SSSR count). The van der Waals surface area contributed by atoms with E-state index in [1.165, 1.54) is 0 Å². The van der Waals surface area contributed by atoms with Crippen molar-refractivity contribution in [3.8, 4) is 28.6 Å². The van der Waals surface area contributed by atoms with E-state index in [1.807, 2.05) is 74.2 Å². The van der Waals surface area contributed by atoms with Gasteiger partial charge in [-0.25, -0.2) is 14.3 Å². The van der Waals surface area contributed by atoms with Gasteiger partial charge >= 0.3 is 6.09 Å². The summed E-state index contributed by atoms with van der Waals surface area (Å²) in [5.41, 5.74) is 4.36. The average molecular weight is 551 g/mol. The smallest absolute Gasteiger partial charge is 0.408 e. The van der Waals surface area contributed by atoms with Gasteiger partial charge in [-0.3, -0.25) is 4.79 Å². The number of nitriles is 1. The number of alkyl carbamates (subject to hydrolysis) is 1. The largest absolute Gasteiger partial charge is 0.444 e. The Morgan fingerprint density at radius 2 is 1.66 bits per heavy atom. The SMILES string of the molecule is CCC1(NC(=O)OC(C)(C)C)CCN(C(=O)c2ccc(-c3ccc4ncc(-c5ccc(C#N)cc5)n4n3)cc2)CC1. The summed E-state index contributed by atoms with van der Waals surface area (Å²) >= 11 is 0. The zero-order chi connectivity index (χ0) is 29.2. The van der Waals surface area contributed by atoms with Crippen LogP contribution in [0.5, 0.6) is 0 Å². The van der Waals surface area contributed by atoms with E-state index in [2.05, 4.69) is 23.3 Å². The molecule has 41 heavy (non-hydrogen) atoms. The van der Waals surface area contributed by atoms with Gasteiger partial charge in [-0.1, -0.05) is 31.2 Å². The minimum atomic E-state index is -0.560. The van der Waals surface area contributed by atoms with Crippen LogP contribution in [-0.4, -0.2) is 55.7 Å². The van der Waals surface area contributed by atoms with Gasteiger partial charge in [0.15, 0.2) is 5.65 Å². The monoisotopic (exact) mass is 550 g/mol. The molecule has 0 bridgehead atoms. The van der Waals surface area contributed by atoms with Crippen molar-refractivity contribution >= 4 is 17.6 Å². The van der Waals surface area contributed by atoms with Crippen LogP contribution in [-0.2, 0) is 4.74 Å². The lowest BCUT2D eigenvalue weighted by Crippen LogP contribution is -2.56. The van der Waals surface area contributed by atoms with Crippen LogP contribution in [0.2, 0.25) is 0 Å². The molecule has 0 saturated carbocycles. The van der Waals surface area contributed by atoms with Crippen LogP contribution in [0.1, 0.15) is 62.9 Å². The topological polar surface area (TPSA) is 113 Å². The normalized spacial score (nSPS) is 14.9. The number of hydrogen-bond acceptors (Lipinski definition) is 6. The van der Waals surface area contributed by atoms with Gasteiger partial charge in [0.25, 0.3) is 5.91 Å². The summed E-state index contributed by atoms with van der Waals surface area (Å²) in [5, 5.41) is 17.0. The molecule has 1 saturated heterocycles. The Morgan fingerprint density at radius 3 is 2.27 bits per heavy atom. The summed E-state index contributed by atoms with van der Waals surface area (Å²) in [6.07, 6.45) is 3.46. The van der Waals surface area contributed by atoms with Crippen molar-refractivity contribution in [3.63, 3.8) is 0 Å². The van der Waals surface area contributed by atoms with E-state index in [0.29, 0.717) is 42.7 Å². The fraction of sp³-hybridized carbons (Fsp3) is 0.344. The van der Waals surface area contributed by atoms with E-state index in [9.17, 15) is 9.59 Å². The highest BCUT2D eigenvalue weighted by Crippen LogP contribution is 2.28. The van der Waals surface area contributed by atoms with Gasteiger partial charge in [0, 0.05) is 35.3 Å². The summed E-state index contributed by atoms with van der Waals surface area (Å²) < 4.78 is 7.25. The van der Waals surface area contributed by atoms with Crippen molar-refractivity contribution < 1.29 is 14.3 Å². The van der Waals surface area contributed by atoms with Gasteiger partial charge in [0.1, 0.15) is 5.60 Å². The minimum absolute atomic E-state index is 0.0281. The van der Waals surface area contributed by atoms with Crippen molar-refractivity contribution in [1.29, 1.82) is 5.26 Å². The Bertz CT molecular complexity index is 1600. The van der Waals surface area contributed by atoms with Crippen LogP contribution in [0.4, 0.5) is 4.79 Å². The summed E-state index contributed by atoms with van der Waals surface area (Å²) in [6, 6.07) is 20.8. The first-order chi connectivity index (χ1) is 19.6. The molecule has 1 fully saturated rings. The molecule has 9 heteroatoms. The van der Waals surface area contributed by atoms with Crippen molar-refractivity contribution in [2.45, 2.75) is 58.1 Å².